The zero-order chi connectivity index (χ0) is 18.0. The number of aromatic nitrogens is 3. The van der Waals surface area contributed by atoms with E-state index in [0.717, 1.165) is 22.1 Å². The number of nitro groups is 1. The number of rotatable bonds is 5. The summed E-state index contributed by atoms with van der Waals surface area (Å²) in [5.41, 5.74) is 3.96. The van der Waals surface area contributed by atoms with Crippen LogP contribution in [0.4, 0.5) is 5.69 Å². The Labute approximate surface area is 150 Å². The van der Waals surface area contributed by atoms with Crippen LogP contribution in [0.25, 0.3) is 11.4 Å². The summed E-state index contributed by atoms with van der Waals surface area (Å²) in [6.45, 7) is 3.82. The summed E-state index contributed by atoms with van der Waals surface area (Å²) < 4.78 is 1.95. The van der Waals surface area contributed by atoms with Crippen molar-refractivity contribution in [2.24, 2.45) is 7.05 Å². The largest absolute Gasteiger partial charge is 0.305 e. The summed E-state index contributed by atoms with van der Waals surface area (Å²) in [7, 11) is 1.93. The van der Waals surface area contributed by atoms with Gasteiger partial charge in [-0.15, -0.1) is 10.2 Å². The van der Waals surface area contributed by atoms with E-state index in [1.807, 2.05) is 42.8 Å². The molecule has 0 unspecified atom stereocenters. The molecule has 25 heavy (non-hydrogen) atoms. The summed E-state index contributed by atoms with van der Waals surface area (Å²) in [5.74, 6) is 1.41. The molecule has 0 aliphatic rings. The van der Waals surface area contributed by atoms with E-state index in [0.29, 0.717) is 11.3 Å². The molecular weight excluding hydrogens is 336 g/mol. The molecule has 0 N–H and O–H groups in total. The van der Waals surface area contributed by atoms with E-state index in [2.05, 4.69) is 16.3 Å². The standard InChI is InChI=1S/C18H18N4O2S/c1-12-6-4-7-14(10-12)17-19-20-18(21(17)3)25-11-15-8-5-9-16(13(15)2)22(23)24/h4-10H,11H2,1-3H3. The van der Waals surface area contributed by atoms with Crippen molar-refractivity contribution >= 4 is 17.4 Å². The molecule has 0 bridgehead atoms. The monoisotopic (exact) mass is 354 g/mol. The van der Waals surface area contributed by atoms with Gasteiger partial charge in [-0.05, 0) is 25.5 Å². The van der Waals surface area contributed by atoms with Gasteiger partial charge in [0, 0.05) is 30.0 Å². The Bertz CT molecular complexity index is 937. The van der Waals surface area contributed by atoms with Gasteiger partial charge < -0.3 is 4.57 Å². The van der Waals surface area contributed by atoms with E-state index in [1.165, 1.54) is 23.4 Å². The van der Waals surface area contributed by atoms with Gasteiger partial charge >= 0.3 is 0 Å². The quantitative estimate of drug-likeness (QED) is 0.388. The Balaban J connectivity index is 1.82. The molecule has 1 aromatic heterocycles. The van der Waals surface area contributed by atoms with Gasteiger partial charge in [0.2, 0.25) is 0 Å². The first kappa shape index (κ1) is 17.2. The minimum absolute atomic E-state index is 0.150. The third-order valence-electron chi connectivity index (χ3n) is 4.08. The SMILES string of the molecule is Cc1cccc(-c2nnc(SCc3cccc([N+](=O)[O-])c3C)n2C)c1. The number of aryl methyl sites for hydroxylation is 1. The molecule has 3 rings (SSSR count). The lowest BCUT2D eigenvalue weighted by molar-refractivity contribution is -0.385. The molecule has 0 radical (unpaired) electrons. The maximum absolute atomic E-state index is 11.1. The Kier molecular flexibility index (Phi) is 4.85. The second kappa shape index (κ2) is 7.06. The molecule has 3 aromatic rings. The van der Waals surface area contributed by atoms with Crippen molar-refractivity contribution in [1.82, 2.24) is 14.8 Å². The molecule has 0 saturated heterocycles. The Hall–Kier alpha value is -2.67. The predicted octanol–water partition coefficient (Wildman–Crippen LogP) is 4.30. The van der Waals surface area contributed by atoms with Crippen LogP contribution in [0.15, 0.2) is 47.6 Å². The number of nitrogens with zero attached hydrogens (tertiary/aromatic N) is 4. The Morgan fingerprint density at radius 2 is 1.92 bits per heavy atom. The maximum atomic E-state index is 11.1. The number of hydrogen-bond donors (Lipinski definition) is 0. The van der Waals surface area contributed by atoms with Gasteiger partial charge in [0.25, 0.3) is 5.69 Å². The second-order valence-electron chi connectivity index (χ2n) is 5.84. The third kappa shape index (κ3) is 3.56. The van der Waals surface area contributed by atoms with E-state index in [9.17, 15) is 10.1 Å². The highest BCUT2D eigenvalue weighted by Gasteiger charge is 2.15. The highest BCUT2D eigenvalue weighted by atomic mass is 32.2. The summed E-state index contributed by atoms with van der Waals surface area (Å²) >= 11 is 1.52. The number of thioether (sulfide) groups is 1. The fourth-order valence-corrected chi connectivity index (χ4v) is 3.62. The molecule has 7 heteroatoms. The lowest BCUT2D eigenvalue weighted by Crippen LogP contribution is -1.97. The molecule has 0 saturated carbocycles. The molecule has 6 nitrogen and oxygen atoms in total. The number of nitro benzene ring substituents is 1. The molecule has 0 spiro atoms. The molecule has 0 amide bonds. The van der Waals surface area contributed by atoms with Crippen molar-refractivity contribution in [1.29, 1.82) is 0 Å². The fraction of sp³-hybridized carbons (Fsp3) is 0.222. The van der Waals surface area contributed by atoms with Gasteiger partial charge in [-0.25, -0.2) is 0 Å². The normalized spacial score (nSPS) is 10.8. The van der Waals surface area contributed by atoms with Crippen LogP contribution >= 0.6 is 11.8 Å². The molecule has 0 aliphatic carbocycles. The first-order valence-corrected chi connectivity index (χ1v) is 8.78. The molecule has 0 fully saturated rings. The van der Waals surface area contributed by atoms with Crippen molar-refractivity contribution in [3.05, 3.63) is 69.3 Å². The highest BCUT2D eigenvalue weighted by Crippen LogP contribution is 2.29. The second-order valence-corrected chi connectivity index (χ2v) is 6.78. The highest BCUT2D eigenvalue weighted by molar-refractivity contribution is 7.98. The van der Waals surface area contributed by atoms with Gasteiger partial charge in [0.15, 0.2) is 11.0 Å². The summed E-state index contributed by atoms with van der Waals surface area (Å²) in [4.78, 5) is 10.7. The molecular formula is C18H18N4O2S. The van der Waals surface area contributed by atoms with Gasteiger partial charge in [0.1, 0.15) is 0 Å². The van der Waals surface area contributed by atoms with Crippen LogP contribution < -0.4 is 0 Å². The van der Waals surface area contributed by atoms with Crippen molar-refractivity contribution in [3.8, 4) is 11.4 Å². The molecule has 1 heterocycles. The van der Waals surface area contributed by atoms with Crippen LogP contribution in [0.2, 0.25) is 0 Å². The fourth-order valence-electron chi connectivity index (χ4n) is 2.64. The van der Waals surface area contributed by atoms with Crippen LogP contribution in [0.5, 0.6) is 0 Å². The average Bonchev–Trinajstić information content (AvgIpc) is 2.94. The topological polar surface area (TPSA) is 73.8 Å². The van der Waals surface area contributed by atoms with Gasteiger partial charge in [-0.1, -0.05) is 47.7 Å². The van der Waals surface area contributed by atoms with Crippen molar-refractivity contribution in [2.45, 2.75) is 24.8 Å². The smallest absolute Gasteiger partial charge is 0.272 e. The lowest BCUT2D eigenvalue weighted by Gasteiger charge is -2.07. The van der Waals surface area contributed by atoms with Crippen molar-refractivity contribution in [3.63, 3.8) is 0 Å². The molecule has 2 aromatic carbocycles. The Morgan fingerprint density at radius 1 is 1.16 bits per heavy atom. The first-order chi connectivity index (χ1) is 12.0. The molecule has 0 atom stereocenters. The minimum atomic E-state index is -0.346. The van der Waals surface area contributed by atoms with Crippen molar-refractivity contribution < 1.29 is 4.92 Å². The third-order valence-corrected chi connectivity index (χ3v) is 5.15. The summed E-state index contributed by atoms with van der Waals surface area (Å²) in [6, 6.07) is 13.3. The van der Waals surface area contributed by atoms with Crippen LogP contribution in [0.3, 0.4) is 0 Å². The lowest BCUT2D eigenvalue weighted by atomic mass is 10.1. The predicted molar refractivity (Wildman–Crippen MR) is 98.6 cm³/mol. The minimum Gasteiger partial charge on any atom is -0.305 e. The summed E-state index contributed by atoms with van der Waals surface area (Å²) in [6.07, 6.45) is 0. The van der Waals surface area contributed by atoms with Crippen molar-refractivity contribution in [2.75, 3.05) is 0 Å². The van der Waals surface area contributed by atoms with Gasteiger partial charge in [-0.2, -0.15) is 0 Å². The average molecular weight is 354 g/mol. The summed E-state index contributed by atoms with van der Waals surface area (Å²) in [5, 5.41) is 20.4. The van der Waals surface area contributed by atoms with E-state index in [4.69, 9.17) is 0 Å². The van der Waals surface area contributed by atoms with Crippen LogP contribution in [0, 0.1) is 24.0 Å². The van der Waals surface area contributed by atoms with E-state index in [-0.39, 0.29) is 10.6 Å². The van der Waals surface area contributed by atoms with Gasteiger partial charge in [0.05, 0.1) is 4.92 Å². The van der Waals surface area contributed by atoms with E-state index >= 15 is 0 Å². The van der Waals surface area contributed by atoms with Crippen LogP contribution in [-0.2, 0) is 12.8 Å². The number of hydrogen-bond acceptors (Lipinski definition) is 5. The molecule has 128 valence electrons. The van der Waals surface area contributed by atoms with E-state index in [1.54, 1.807) is 13.0 Å². The maximum Gasteiger partial charge on any atom is 0.272 e. The number of benzene rings is 2. The zero-order valence-corrected chi connectivity index (χ0v) is 15.1. The zero-order valence-electron chi connectivity index (χ0n) is 14.3. The van der Waals surface area contributed by atoms with Crippen LogP contribution in [-0.4, -0.2) is 19.7 Å². The molecule has 0 aliphatic heterocycles. The van der Waals surface area contributed by atoms with Gasteiger partial charge in [-0.3, -0.25) is 10.1 Å². The Morgan fingerprint density at radius 3 is 2.64 bits per heavy atom. The van der Waals surface area contributed by atoms with Crippen LogP contribution in [0.1, 0.15) is 16.7 Å². The van der Waals surface area contributed by atoms with E-state index < -0.39 is 0 Å². The first-order valence-electron chi connectivity index (χ1n) is 7.79.